The van der Waals surface area contributed by atoms with E-state index in [1.165, 1.54) is 17.5 Å². The number of benzene rings is 1. The van der Waals surface area contributed by atoms with Crippen molar-refractivity contribution >= 4 is 11.8 Å². The van der Waals surface area contributed by atoms with Crippen LogP contribution in [0.25, 0.3) is 0 Å². The SMILES string of the molecule is CC(C)(C)c1ccc(CSc2nnc(C3CCCN3)n2CC2CCCO2)cc1. The molecule has 2 fully saturated rings. The molecule has 4 rings (SSSR count). The predicted octanol–water partition coefficient (Wildman–Crippen LogP) is 4.47. The summed E-state index contributed by atoms with van der Waals surface area (Å²) >= 11 is 1.78. The Hall–Kier alpha value is -1.37. The topological polar surface area (TPSA) is 52.0 Å². The van der Waals surface area contributed by atoms with E-state index < -0.39 is 0 Å². The molecule has 0 spiro atoms. The Balaban J connectivity index is 1.48. The first-order valence-corrected chi connectivity index (χ1v) is 11.5. The first-order chi connectivity index (χ1) is 13.5. The molecule has 0 radical (unpaired) electrons. The van der Waals surface area contributed by atoms with Gasteiger partial charge in [-0.3, -0.25) is 0 Å². The highest BCUT2D eigenvalue weighted by atomic mass is 32.2. The van der Waals surface area contributed by atoms with E-state index in [-0.39, 0.29) is 5.41 Å². The Kier molecular flexibility index (Phi) is 6.09. The number of hydrogen-bond donors (Lipinski definition) is 1. The van der Waals surface area contributed by atoms with E-state index in [0.717, 1.165) is 55.7 Å². The summed E-state index contributed by atoms with van der Waals surface area (Å²) in [5.74, 6) is 1.99. The molecule has 0 aliphatic carbocycles. The second kappa shape index (κ2) is 8.56. The normalized spacial score (nSPS) is 22.8. The summed E-state index contributed by atoms with van der Waals surface area (Å²) in [6.45, 7) is 9.58. The van der Waals surface area contributed by atoms with Gasteiger partial charge in [0, 0.05) is 12.4 Å². The van der Waals surface area contributed by atoms with Crippen molar-refractivity contribution in [3.8, 4) is 0 Å². The molecule has 2 aromatic rings. The number of ether oxygens (including phenoxy) is 1. The van der Waals surface area contributed by atoms with E-state index in [1.54, 1.807) is 11.8 Å². The molecule has 0 amide bonds. The maximum Gasteiger partial charge on any atom is 0.191 e. The molecule has 5 nitrogen and oxygen atoms in total. The van der Waals surface area contributed by atoms with Gasteiger partial charge in [-0.05, 0) is 48.8 Å². The number of aromatic nitrogens is 3. The van der Waals surface area contributed by atoms with E-state index in [2.05, 4.69) is 65.1 Å². The van der Waals surface area contributed by atoms with Gasteiger partial charge in [0.2, 0.25) is 0 Å². The third kappa shape index (κ3) is 4.61. The molecule has 2 aliphatic heterocycles. The van der Waals surface area contributed by atoms with Crippen LogP contribution in [0.1, 0.15) is 69.4 Å². The summed E-state index contributed by atoms with van der Waals surface area (Å²) in [7, 11) is 0. The van der Waals surface area contributed by atoms with Gasteiger partial charge in [-0.1, -0.05) is 56.8 Å². The average molecular weight is 401 g/mol. The molecule has 2 saturated heterocycles. The van der Waals surface area contributed by atoms with Crippen LogP contribution in [0.15, 0.2) is 29.4 Å². The molecular weight excluding hydrogens is 368 g/mol. The number of hydrogen-bond acceptors (Lipinski definition) is 5. The Morgan fingerprint density at radius 2 is 1.96 bits per heavy atom. The lowest BCUT2D eigenvalue weighted by Crippen LogP contribution is -2.23. The molecule has 2 aliphatic rings. The lowest BCUT2D eigenvalue weighted by Gasteiger charge is -2.19. The molecule has 152 valence electrons. The Morgan fingerprint density at radius 1 is 1.14 bits per heavy atom. The molecule has 1 N–H and O–H groups in total. The minimum absolute atomic E-state index is 0.191. The van der Waals surface area contributed by atoms with Crippen LogP contribution in [-0.2, 0) is 22.4 Å². The van der Waals surface area contributed by atoms with Crippen LogP contribution in [0.5, 0.6) is 0 Å². The molecule has 1 aromatic heterocycles. The van der Waals surface area contributed by atoms with Crippen molar-refractivity contribution in [2.75, 3.05) is 13.2 Å². The minimum Gasteiger partial charge on any atom is -0.376 e. The van der Waals surface area contributed by atoms with Gasteiger partial charge in [-0.25, -0.2) is 0 Å². The number of nitrogens with one attached hydrogen (secondary N) is 1. The quantitative estimate of drug-likeness (QED) is 0.725. The lowest BCUT2D eigenvalue weighted by molar-refractivity contribution is 0.0937. The van der Waals surface area contributed by atoms with E-state index in [0.29, 0.717) is 12.1 Å². The van der Waals surface area contributed by atoms with Crippen molar-refractivity contribution in [1.29, 1.82) is 0 Å². The maximum atomic E-state index is 5.90. The fourth-order valence-electron chi connectivity index (χ4n) is 3.98. The Labute approximate surface area is 172 Å². The molecule has 2 atom stereocenters. The van der Waals surface area contributed by atoms with Crippen molar-refractivity contribution in [2.45, 2.75) is 81.5 Å². The van der Waals surface area contributed by atoms with Gasteiger partial charge in [0.25, 0.3) is 0 Å². The third-order valence-corrected chi connectivity index (χ3v) is 6.75. The van der Waals surface area contributed by atoms with E-state index in [9.17, 15) is 0 Å². The number of nitrogens with zero attached hydrogens (tertiary/aromatic N) is 3. The largest absolute Gasteiger partial charge is 0.376 e. The summed E-state index contributed by atoms with van der Waals surface area (Å²) in [5, 5.41) is 13.7. The molecule has 2 unspecified atom stereocenters. The Bertz CT molecular complexity index is 769. The number of rotatable bonds is 6. The van der Waals surface area contributed by atoms with Gasteiger partial charge in [0.1, 0.15) is 0 Å². The van der Waals surface area contributed by atoms with Gasteiger partial charge >= 0.3 is 0 Å². The first kappa shape index (κ1) is 19.9. The summed E-state index contributed by atoms with van der Waals surface area (Å²) < 4.78 is 8.21. The van der Waals surface area contributed by atoms with E-state index in [1.807, 2.05) is 0 Å². The summed E-state index contributed by atoms with van der Waals surface area (Å²) in [6, 6.07) is 9.32. The second-order valence-corrected chi connectivity index (χ2v) is 9.91. The zero-order valence-electron chi connectivity index (χ0n) is 17.3. The van der Waals surface area contributed by atoms with Gasteiger partial charge in [-0.2, -0.15) is 0 Å². The highest BCUT2D eigenvalue weighted by Crippen LogP contribution is 2.30. The summed E-state index contributed by atoms with van der Waals surface area (Å²) in [5.41, 5.74) is 2.89. The van der Waals surface area contributed by atoms with Crippen LogP contribution >= 0.6 is 11.8 Å². The summed E-state index contributed by atoms with van der Waals surface area (Å²) in [6.07, 6.45) is 4.94. The van der Waals surface area contributed by atoms with Crippen LogP contribution in [0.2, 0.25) is 0 Å². The molecule has 6 heteroatoms. The van der Waals surface area contributed by atoms with Crippen molar-refractivity contribution < 1.29 is 4.74 Å². The molecular formula is C22H32N4OS. The van der Waals surface area contributed by atoms with Crippen LogP contribution in [-0.4, -0.2) is 34.0 Å². The summed E-state index contributed by atoms with van der Waals surface area (Å²) in [4.78, 5) is 0. The molecule has 0 bridgehead atoms. The zero-order valence-corrected chi connectivity index (χ0v) is 18.1. The smallest absolute Gasteiger partial charge is 0.191 e. The van der Waals surface area contributed by atoms with Crippen LogP contribution in [0, 0.1) is 0 Å². The molecule has 28 heavy (non-hydrogen) atoms. The highest BCUT2D eigenvalue weighted by Gasteiger charge is 2.27. The third-order valence-electron chi connectivity index (χ3n) is 5.72. The van der Waals surface area contributed by atoms with Gasteiger partial charge in [-0.15, -0.1) is 10.2 Å². The van der Waals surface area contributed by atoms with E-state index >= 15 is 0 Å². The van der Waals surface area contributed by atoms with Crippen LogP contribution < -0.4 is 5.32 Å². The second-order valence-electron chi connectivity index (χ2n) is 8.97. The first-order valence-electron chi connectivity index (χ1n) is 10.5. The minimum atomic E-state index is 0.191. The highest BCUT2D eigenvalue weighted by molar-refractivity contribution is 7.98. The molecule has 3 heterocycles. The predicted molar refractivity (Wildman–Crippen MR) is 114 cm³/mol. The van der Waals surface area contributed by atoms with Crippen molar-refractivity contribution in [3.05, 3.63) is 41.2 Å². The monoisotopic (exact) mass is 400 g/mol. The van der Waals surface area contributed by atoms with Gasteiger partial charge < -0.3 is 14.6 Å². The standard InChI is InChI=1S/C22H32N4OS/c1-22(2,3)17-10-8-16(9-11-17)15-28-21-25-24-20(19-7-4-12-23-19)26(21)14-18-6-5-13-27-18/h8-11,18-19,23H,4-7,12-15H2,1-3H3. The fourth-order valence-corrected chi connectivity index (χ4v) is 4.89. The fraction of sp³-hybridized carbons (Fsp3) is 0.636. The average Bonchev–Trinajstić information content (AvgIpc) is 3.42. The van der Waals surface area contributed by atoms with Crippen molar-refractivity contribution in [1.82, 2.24) is 20.1 Å². The molecule has 1 aromatic carbocycles. The van der Waals surface area contributed by atoms with Crippen molar-refractivity contribution in [2.24, 2.45) is 0 Å². The van der Waals surface area contributed by atoms with Crippen LogP contribution in [0.3, 0.4) is 0 Å². The van der Waals surface area contributed by atoms with Crippen molar-refractivity contribution in [3.63, 3.8) is 0 Å². The zero-order chi connectivity index (χ0) is 19.6. The Morgan fingerprint density at radius 3 is 2.61 bits per heavy atom. The molecule has 0 saturated carbocycles. The van der Waals surface area contributed by atoms with Gasteiger partial charge in [0.05, 0.1) is 18.7 Å². The maximum absolute atomic E-state index is 5.90. The van der Waals surface area contributed by atoms with Crippen LogP contribution in [0.4, 0.5) is 0 Å². The number of thioether (sulfide) groups is 1. The van der Waals surface area contributed by atoms with Gasteiger partial charge in [0.15, 0.2) is 11.0 Å². The van der Waals surface area contributed by atoms with E-state index in [4.69, 9.17) is 4.74 Å². The lowest BCUT2D eigenvalue weighted by atomic mass is 9.87.